The van der Waals surface area contributed by atoms with Crippen molar-refractivity contribution < 1.29 is 14.3 Å². The van der Waals surface area contributed by atoms with Gasteiger partial charge in [0.1, 0.15) is 17.2 Å². The lowest BCUT2D eigenvalue weighted by Crippen LogP contribution is -2.64. The number of methoxy groups -OCH3 is 2. The molecular weight excluding hydrogens is 416 g/mol. The second-order valence-electron chi connectivity index (χ2n) is 8.48. The topological polar surface area (TPSA) is 66.9 Å². The molecule has 2 aliphatic heterocycles. The van der Waals surface area contributed by atoms with Gasteiger partial charge in [-0.1, -0.05) is 18.2 Å². The van der Waals surface area contributed by atoms with Crippen LogP contribution in [0.15, 0.2) is 66.9 Å². The second kappa shape index (κ2) is 8.75. The van der Waals surface area contributed by atoms with Crippen molar-refractivity contribution in [3.05, 3.63) is 78.1 Å². The van der Waals surface area contributed by atoms with Crippen LogP contribution in [0.2, 0.25) is 0 Å². The predicted molar refractivity (Wildman–Crippen MR) is 128 cm³/mol. The first-order chi connectivity index (χ1) is 16.1. The highest BCUT2D eigenvalue weighted by atomic mass is 16.5. The molecule has 7 heteroatoms. The number of rotatable bonds is 5. The van der Waals surface area contributed by atoms with E-state index in [2.05, 4.69) is 21.3 Å². The van der Waals surface area contributed by atoms with Crippen LogP contribution in [0.25, 0.3) is 0 Å². The fourth-order valence-corrected chi connectivity index (χ4v) is 4.86. The molecule has 1 N–H and O–H groups in total. The van der Waals surface area contributed by atoms with Gasteiger partial charge >= 0.3 is 0 Å². The van der Waals surface area contributed by atoms with Gasteiger partial charge in [0.05, 0.1) is 31.2 Å². The number of hydrogen-bond acceptors (Lipinski definition) is 6. The number of nitrogens with one attached hydrogen (secondary N) is 1. The molecule has 170 valence electrons. The Morgan fingerprint density at radius 3 is 2.52 bits per heavy atom. The molecule has 3 aromatic rings. The third kappa shape index (κ3) is 3.89. The van der Waals surface area contributed by atoms with Crippen molar-refractivity contribution in [1.29, 1.82) is 0 Å². The van der Waals surface area contributed by atoms with Crippen molar-refractivity contribution in [1.82, 2.24) is 9.88 Å². The normalized spacial score (nSPS) is 17.4. The van der Waals surface area contributed by atoms with E-state index >= 15 is 0 Å². The highest BCUT2D eigenvalue weighted by Gasteiger charge is 2.48. The molecule has 7 nitrogen and oxygen atoms in total. The molecule has 0 saturated carbocycles. The summed E-state index contributed by atoms with van der Waals surface area (Å²) in [4.78, 5) is 22.6. The number of carbonyl (C=O) groups is 1. The lowest BCUT2D eigenvalue weighted by Gasteiger charge is -2.52. The summed E-state index contributed by atoms with van der Waals surface area (Å²) in [6, 6.07) is 19.3. The Bertz CT molecular complexity index is 1140. The SMILES string of the molecule is COc1ccc(N2C(=O)c3ccccc3NC23CCN(Cc2ccccn2)CC3)c(OC)c1. The minimum atomic E-state index is -0.548. The lowest BCUT2D eigenvalue weighted by atomic mass is 9.89. The van der Waals surface area contributed by atoms with Gasteiger partial charge in [0.2, 0.25) is 0 Å². The number of anilines is 2. The van der Waals surface area contributed by atoms with Crippen LogP contribution in [0.1, 0.15) is 28.9 Å². The van der Waals surface area contributed by atoms with Gasteiger partial charge in [-0.15, -0.1) is 0 Å². The summed E-state index contributed by atoms with van der Waals surface area (Å²) in [5.41, 5.74) is 2.79. The molecule has 2 aliphatic rings. The summed E-state index contributed by atoms with van der Waals surface area (Å²) < 4.78 is 11.1. The van der Waals surface area contributed by atoms with Crippen LogP contribution in [0.4, 0.5) is 11.4 Å². The van der Waals surface area contributed by atoms with E-state index in [9.17, 15) is 4.79 Å². The number of likely N-dealkylation sites (tertiary alicyclic amines) is 1. The fourth-order valence-electron chi connectivity index (χ4n) is 4.86. The molecule has 3 heterocycles. The van der Waals surface area contributed by atoms with Crippen molar-refractivity contribution in [3.63, 3.8) is 0 Å². The van der Waals surface area contributed by atoms with Gasteiger partial charge in [0.25, 0.3) is 5.91 Å². The third-order valence-electron chi connectivity index (χ3n) is 6.58. The molecule has 0 radical (unpaired) electrons. The van der Waals surface area contributed by atoms with E-state index in [0.717, 1.165) is 49.5 Å². The molecule has 0 unspecified atom stereocenters. The summed E-state index contributed by atoms with van der Waals surface area (Å²) in [5.74, 6) is 1.28. The van der Waals surface area contributed by atoms with Crippen molar-refractivity contribution in [2.24, 2.45) is 0 Å². The third-order valence-corrected chi connectivity index (χ3v) is 6.58. The van der Waals surface area contributed by atoms with Crippen molar-refractivity contribution in [3.8, 4) is 11.5 Å². The first kappa shape index (κ1) is 21.3. The molecule has 0 aliphatic carbocycles. The van der Waals surface area contributed by atoms with E-state index in [4.69, 9.17) is 9.47 Å². The van der Waals surface area contributed by atoms with Gasteiger partial charge in [-0.3, -0.25) is 19.6 Å². The minimum absolute atomic E-state index is 0.0222. The van der Waals surface area contributed by atoms with Crippen LogP contribution in [-0.2, 0) is 6.54 Å². The minimum Gasteiger partial charge on any atom is -0.497 e. The summed E-state index contributed by atoms with van der Waals surface area (Å²) in [5, 5.41) is 3.73. The summed E-state index contributed by atoms with van der Waals surface area (Å²) in [6.07, 6.45) is 3.38. The fraction of sp³-hybridized carbons (Fsp3) is 0.308. The molecule has 1 spiro atoms. The molecule has 1 fully saturated rings. The van der Waals surface area contributed by atoms with Gasteiger partial charge in [-0.05, 0) is 36.4 Å². The highest BCUT2D eigenvalue weighted by molar-refractivity contribution is 6.13. The van der Waals surface area contributed by atoms with Crippen LogP contribution in [-0.4, -0.2) is 48.8 Å². The number of fused-ring (bicyclic) bond motifs is 1. The van der Waals surface area contributed by atoms with Crippen molar-refractivity contribution in [2.75, 3.05) is 37.5 Å². The number of aromatic nitrogens is 1. The first-order valence-corrected chi connectivity index (χ1v) is 11.2. The predicted octanol–water partition coefficient (Wildman–Crippen LogP) is 4.16. The standard InChI is InChI=1S/C26H28N4O3/c1-32-20-10-11-23(24(17-20)33-2)30-25(31)21-8-3-4-9-22(21)28-26(30)12-15-29(16-13-26)18-19-7-5-6-14-27-19/h3-11,14,17,28H,12-13,15-16,18H2,1-2H3. The lowest BCUT2D eigenvalue weighted by molar-refractivity contribution is 0.0901. The summed E-state index contributed by atoms with van der Waals surface area (Å²) in [7, 11) is 3.24. The van der Waals surface area contributed by atoms with E-state index in [0.29, 0.717) is 17.1 Å². The average molecular weight is 445 g/mol. The Hall–Kier alpha value is -3.58. The Balaban J connectivity index is 1.50. The largest absolute Gasteiger partial charge is 0.497 e. The highest BCUT2D eigenvalue weighted by Crippen LogP contribution is 2.44. The summed E-state index contributed by atoms with van der Waals surface area (Å²) >= 11 is 0. The van der Waals surface area contributed by atoms with Gasteiger partial charge in [-0.25, -0.2) is 0 Å². The zero-order valence-electron chi connectivity index (χ0n) is 19.0. The number of amides is 1. The quantitative estimate of drug-likeness (QED) is 0.637. The number of hydrogen-bond donors (Lipinski definition) is 1. The van der Waals surface area contributed by atoms with Gasteiger partial charge in [0, 0.05) is 50.4 Å². The van der Waals surface area contributed by atoms with Crippen LogP contribution in [0, 0.1) is 0 Å². The number of pyridine rings is 1. The number of nitrogens with zero attached hydrogens (tertiary/aromatic N) is 3. The smallest absolute Gasteiger partial charge is 0.262 e. The Labute approximate surface area is 193 Å². The molecule has 1 amide bonds. The van der Waals surface area contributed by atoms with Gasteiger partial charge < -0.3 is 14.8 Å². The van der Waals surface area contributed by atoms with E-state index in [1.54, 1.807) is 14.2 Å². The number of carbonyl (C=O) groups excluding carboxylic acids is 1. The van der Waals surface area contributed by atoms with Crippen LogP contribution in [0.5, 0.6) is 11.5 Å². The zero-order valence-corrected chi connectivity index (χ0v) is 19.0. The van der Waals surface area contributed by atoms with E-state index < -0.39 is 5.66 Å². The molecule has 2 aromatic carbocycles. The van der Waals surface area contributed by atoms with E-state index in [1.807, 2.05) is 65.7 Å². The number of ether oxygens (including phenoxy) is 2. The number of benzene rings is 2. The Kier molecular flexibility index (Phi) is 5.64. The van der Waals surface area contributed by atoms with Gasteiger partial charge in [0.15, 0.2) is 0 Å². The maximum absolute atomic E-state index is 13.9. The molecule has 33 heavy (non-hydrogen) atoms. The van der Waals surface area contributed by atoms with Crippen LogP contribution >= 0.6 is 0 Å². The van der Waals surface area contributed by atoms with Crippen molar-refractivity contribution >= 4 is 17.3 Å². The first-order valence-electron chi connectivity index (χ1n) is 11.2. The Morgan fingerprint density at radius 1 is 1.00 bits per heavy atom. The molecule has 0 bridgehead atoms. The maximum atomic E-state index is 13.9. The van der Waals surface area contributed by atoms with Crippen molar-refractivity contribution in [2.45, 2.75) is 25.0 Å². The molecular formula is C26H28N4O3. The average Bonchev–Trinajstić information content (AvgIpc) is 2.86. The van der Waals surface area contributed by atoms with E-state index in [1.165, 1.54) is 0 Å². The molecule has 0 atom stereocenters. The van der Waals surface area contributed by atoms with Crippen LogP contribution in [0.3, 0.4) is 0 Å². The molecule has 1 saturated heterocycles. The summed E-state index contributed by atoms with van der Waals surface area (Å²) in [6.45, 7) is 2.48. The van der Waals surface area contributed by atoms with Gasteiger partial charge in [-0.2, -0.15) is 0 Å². The second-order valence-corrected chi connectivity index (χ2v) is 8.48. The van der Waals surface area contributed by atoms with E-state index in [-0.39, 0.29) is 5.91 Å². The maximum Gasteiger partial charge on any atom is 0.262 e. The molecule has 1 aromatic heterocycles. The molecule has 5 rings (SSSR count). The number of piperidine rings is 1. The van der Waals surface area contributed by atoms with Crippen LogP contribution < -0.4 is 19.7 Å². The Morgan fingerprint density at radius 2 is 1.79 bits per heavy atom. The number of para-hydroxylation sites is 1. The monoisotopic (exact) mass is 444 g/mol. The zero-order chi connectivity index (χ0) is 22.8.